The number of carbonyl (C=O) groups excluding carboxylic acids is 1. The second-order valence-corrected chi connectivity index (χ2v) is 5.96. The number of nitrogens with zero attached hydrogens (tertiary/aromatic N) is 4. The van der Waals surface area contributed by atoms with Gasteiger partial charge in [-0.25, -0.2) is 4.98 Å². The van der Waals surface area contributed by atoms with Crippen LogP contribution in [0.15, 0.2) is 16.6 Å². The van der Waals surface area contributed by atoms with Gasteiger partial charge in [0.25, 0.3) is 0 Å². The molecule has 3 N–H and O–H groups in total. The first-order valence-electron chi connectivity index (χ1n) is 7.73. The monoisotopic (exact) mass is 352 g/mol. The normalized spacial score (nSPS) is 12.5. The Labute approximate surface area is 146 Å². The maximum Gasteiger partial charge on any atom is 0.245 e. The molecule has 0 aliphatic carbocycles. The largest absolute Gasteiger partial charge is 0.320 e. The smallest absolute Gasteiger partial charge is 0.245 e. The van der Waals surface area contributed by atoms with Crippen LogP contribution in [0.5, 0.6) is 0 Å². The zero-order valence-corrected chi connectivity index (χ0v) is 14.9. The highest BCUT2D eigenvalue weighted by Crippen LogP contribution is 2.19. The van der Waals surface area contributed by atoms with Gasteiger partial charge in [0.15, 0.2) is 5.13 Å². The predicted octanol–water partition coefficient (Wildman–Crippen LogP) is 1.46. The van der Waals surface area contributed by atoms with Crippen LogP contribution in [0.2, 0.25) is 0 Å². The first kappa shape index (κ1) is 20.0. The summed E-state index contributed by atoms with van der Waals surface area (Å²) < 4.78 is 0. The van der Waals surface area contributed by atoms with E-state index in [2.05, 4.69) is 15.5 Å². The Morgan fingerprint density at radius 3 is 3.04 bits per heavy atom. The number of hydrogen-bond donors (Lipinski definition) is 2. The topological polar surface area (TPSA) is 117 Å². The highest BCUT2D eigenvalue weighted by molar-refractivity contribution is 7.13. The van der Waals surface area contributed by atoms with Crippen molar-refractivity contribution in [2.24, 2.45) is 10.7 Å². The van der Waals surface area contributed by atoms with Crippen molar-refractivity contribution in [1.82, 2.24) is 10.5 Å². The van der Waals surface area contributed by atoms with Crippen LogP contribution in [0.4, 0.5) is 5.13 Å². The lowest BCUT2D eigenvalue weighted by atomic mass is 10.1. The van der Waals surface area contributed by atoms with E-state index >= 15 is 0 Å². The van der Waals surface area contributed by atoms with Crippen molar-refractivity contribution in [2.75, 3.05) is 25.1 Å². The number of rotatable bonds is 10. The van der Waals surface area contributed by atoms with Gasteiger partial charge in [-0.15, -0.1) is 11.3 Å². The highest BCUT2D eigenvalue weighted by Gasteiger charge is 2.23. The van der Waals surface area contributed by atoms with E-state index < -0.39 is 6.04 Å². The number of carbonyl (C=O) groups is 1. The fraction of sp³-hybridized carbons (Fsp3) is 0.600. The standard InChI is InChI=1S/C15H24N6O2S/c1-12(20-23-2)18-8-4-3-6-13(17)14(22)21(10-5-7-16)15-19-9-11-24-15/h9,11,13H,3-6,8,10,17H2,1-2H3,(H,18,20)/t13-/m0/s1. The van der Waals surface area contributed by atoms with E-state index in [-0.39, 0.29) is 12.3 Å². The van der Waals surface area contributed by atoms with Crippen molar-refractivity contribution in [3.63, 3.8) is 0 Å². The zero-order chi connectivity index (χ0) is 17.8. The average molecular weight is 352 g/mol. The Morgan fingerprint density at radius 2 is 2.42 bits per heavy atom. The number of nitriles is 1. The van der Waals surface area contributed by atoms with Crippen molar-refractivity contribution in [3.8, 4) is 6.07 Å². The summed E-state index contributed by atoms with van der Waals surface area (Å²) in [5.74, 6) is 0.519. The quantitative estimate of drug-likeness (QED) is 0.285. The maximum absolute atomic E-state index is 12.5. The Balaban J connectivity index is 2.44. The first-order valence-corrected chi connectivity index (χ1v) is 8.61. The summed E-state index contributed by atoms with van der Waals surface area (Å²) in [5, 5.41) is 11.1. The van der Waals surface area contributed by atoms with Gasteiger partial charge in [-0.1, -0.05) is 0 Å². The first-order chi connectivity index (χ1) is 11.6. The fourth-order valence-electron chi connectivity index (χ4n) is 2.04. The van der Waals surface area contributed by atoms with Crippen LogP contribution < -0.4 is 16.1 Å². The molecule has 1 amide bonds. The van der Waals surface area contributed by atoms with Crippen LogP contribution >= 0.6 is 11.3 Å². The predicted molar refractivity (Wildman–Crippen MR) is 94.6 cm³/mol. The van der Waals surface area contributed by atoms with E-state index in [9.17, 15) is 4.79 Å². The number of aromatic nitrogens is 1. The van der Waals surface area contributed by atoms with E-state index in [1.807, 2.05) is 13.0 Å². The molecule has 24 heavy (non-hydrogen) atoms. The lowest BCUT2D eigenvalue weighted by molar-refractivity contribution is -0.120. The molecular formula is C15H24N6O2S. The summed E-state index contributed by atoms with van der Waals surface area (Å²) in [5.41, 5.74) is 8.67. The Bertz CT molecular complexity index is 555. The highest BCUT2D eigenvalue weighted by atomic mass is 32.1. The number of thiazole rings is 1. The molecule has 0 aliphatic heterocycles. The molecule has 0 bridgehead atoms. The summed E-state index contributed by atoms with van der Waals surface area (Å²) in [6.07, 6.45) is 4.07. The molecule has 0 fully saturated rings. The zero-order valence-electron chi connectivity index (χ0n) is 14.1. The van der Waals surface area contributed by atoms with Crippen molar-refractivity contribution in [2.45, 2.75) is 38.6 Å². The fourth-order valence-corrected chi connectivity index (χ4v) is 2.71. The van der Waals surface area contributed by atoms with Crippen molar-refractivity contribution in [1.29, 1.82) is 5.26 Å². The van der Waals surface area contributed by atoms with Crippen LogP contribution in [-0.4, -0.2) is 43.0 Å². The van der Waals surface area contributed by atoms with Crippen LogP contribution in [0.1, 0.15) is 32.6 Å². The number of hydrogen-bond acceptors (Lipinski definition) is 7. The second-order valence-electron chi connectivity index (χ2n) is 5.09. The Morgan fingerprint density at radius 1 is 1.62 bits per heavy atom. The third-order valence-corrected chi connectivity index (χ3v) is 4.00. The van der Waals surface area contributed by atoms with Gasteiger partial charge in [0, 0.05) is 24.7 Å². The molecule has 0 saturated heterocycles. The average Bonchev–Trinajstić information content (AvgIpc) is 3.09. The van der Waals surface area contributed by atoms with Gasteiger partial charge in [0.2, 0.25) is 5.91 Å². The molecule has 0 spiro atoms. The van der Waals surface area contributed by atoms with Crippen molar-refractivity contribution in [3.05, 3.63) is 11.6 Å². The number of amidine groups is 1. The van der Waals surface area contributed by atoms with Gasteiger partial charge in [-0.05, 0) is 26.2 Å². The van der Waals surface area contributed by atoms with Crippen molar-refractivity contribution >= 4 is 28.2 Å². The lowest BCUT2D eigenvalue weighted by Gasteiger charge is -2.22. The molecule has 0 radical (unpaired) electrons. The molecule has 1 aromatic heterocycles. The number of unbranched alkanes of at least 4 members (excludes halogenated alkanes) is 1. The van der Waals surface area contributed by atoms with Crippen LogP contribution in [0.25, 0.3) is 0 Å². The molecule has 1 atom stereocenters. The molecule has 0 unspecified atom stereocenters. The van der Waals surface area contributed by atoms with Crippen LogP contribution in [0, 0.1) is 11.3 Å². The van der Waals surface area contributed by atoms with Gasteiger partial charge in [0.05, 0.1) is 25.6 Å². The molecule has 0 saturated carbocycles. The number of nitrogens with one attached hydrogen (secondary N) is 1. The molecule has 0 aliphatic rings. The van der Waals surface area contributed by atoms with Gasteiger partial charge in [-0.3, -0.25) is 25.0 Å². The molecule has 1 heterocycles. The van der Waals surface area contributed by atoms with Crippen LogP contribution in [-0.2, 0) is 9.63 Å². The molecule has 9 heteroatoms. The maximum atomic E-state index is 12.5. The SMILES string of the molecule is CONC(C)=NCCCC[C@H](N)C(=O)N(CCC#N)c1nccs1. The molecule has 1 rings (SSSR count). The van der Waals surface area contributed by atoms with Gasteiger partial charge < -0.3 is 5.73 Å². The molecule has 1 aromatic rings. The minimum atomic E-state index is -0.602. The summed E-state index contributed by atoms with van der Waals surface area (Å²) >= 11 is 1.36. The minimum Gasteiger partial charge on any atom is -0.320 e. The molecular weight excluding hydrogens is 328 g/mol. The van der Waals surface area contributed by atoms with Gasteiger partial charge in [0.1, 0.15) is 5.84 Å². The number of nitrogens with two attached hydrogens (primary N) is 1. The van der Waals surface area contributed by atoms with E-state index in [1.165, 1.54) is 23.3 Å². The van der Waals surface area contributed by atoms with Gasteiger partial charge in [-0.2, -0.15) is 5.26 Å². The third kappa shape index (κ3) is 7.04. The third-order valence-electron chi connectivity index (χ3n) is 3.20. The van der Waals surface area contributed by atoms with Crippen molar-refractivity contribution < 1.29 is 9.63 Å². The number of hydroxylamine groups is 1. The Hall–Kier alpha value is -2.02. The van der Waals surface area contributed by atoms with Gasteiger partial charge >= 0.3 is 0 Å². The Kier molecular flexibility index (Phi) is 9.60. The van der Waals surface area contributed by atoms with E-state index in [4.69, 9.17) is 15.8 Å². The summed E-state index contributed by atoms with van der Waals surface area (Å²) in [6.45, 7) is 2.77. The summed E-state index contributed by atoms with van der Waals surface area (Å²) in [6, 6.07) is 1.44. The summed E-state index contributed by atoms with van der Waals surface area (Å²) in [7, 11) is 1.53. The lowest BCUT2D eigenvalue weighted by Crippen LogP contribution is -2.44. The summed E-state index contributed by atoms with van der Waals surface area (Å²) in [4.78, 5) is 27.2. The number of amides is 1. The van der Waals surface area contributed by atoms with E-state index in [0.717, 1.165) is 12.8 Å². The molecule has 132 valence electrons. The molecule has 0 aromatic carbocycles. The minimum absolute atomic E-state index is 0.194. The molecule has 8 nitrogen and oxygen atoms in total. The number of anilines is 1. The number of aliphatic imine (C=N–C) groups is 1. The second kappa shape index (κ2) is 11.5. The van der Waals surface area contributed by atoms with Crippen LogP contribution in [0.3, 0.4) is 0 Å². The van der Waals surface area contributed by atoms with E-state index in [1.54, 1.807) is 11.6 Å². The van der Waals surface area contributed by atoms with E-state index in [0.29, 0.717) is 30.5 Å².